The lowest BCUT2D eigenvalue weighted by Crippen LogP contribution is -2.25. The molecule has 1 unspecified atom stereocenters. The predicted molar refractivity (Wildman–Crippen MR) is 85.4 cm³/mol. The number of guanidine groups is 1. The largest absolute Gasteiger partial charge is 0.370 e. The Hall–Kier alpha value is -2.95. The number of hydrogen-bond acceptors (Lipinski definition) is 1. The second kappa shape index (κ2) is 7.17. The second-order valence-corrected chi connectivity index (χ2v) is 4.68. The highest BCUT2D eigenvalue weighted by molar-refractivity contribution is 5.96. The zero-order chi connectivity index (χ0) is 15.9. The fourth-order valence-electron chi connectivity index (χ4n) is 2.01. The molecule has 0 fully saturated rings. The molecule has 0 aromatic heterocycles. The van der Waals surface area contributed by atoms with E-state index in [1.54, 1.807) is 36.4 Å². The second-order valence-electron chi connectivity index (χ2n) is 4.68. The molecule has 0 aliphatic rings. The van der Waals surface area contributed by atoms with Crippen LogP contribution in [0.15, 0.2) is 65.7 Å². The number of aliphatic imine (C=N–C) groups is 1. The third kappa shape index (κ3) is 4.28. The van der Waals surface area contributed by atoms with Crippen LogP contribution in [0.5, 0.6) is 0 Å². The highest BCUT2D eigenvalue weighted by Gasteiger charge is 2.17. The minimum Gasteiger partial charge on any atom is -0.370 e. The molecule has 0 bridgehead atoms. The average molecular weight is 297 g/mol. The molecule has 1 amide bonds. The van der Waals surface area contributed by atoms with Gasteiger partial charge in [-0.15, -0.1) is 0 Å². The zero-order valence-corrected chi connectivity index (χ0v) is 11.8. The molecule has 5 heteroatoms. The summed E-state index contributed by atoms with van der Waals surface area (Å²) >= 11 is 0. The van der Waals surface area contributed by atoms with Crippen molar-refractivity contribution in [2.45, 2.75) is 5.92 Å². The van der Waals surface area contributed by atoms with Crippen molar-refractivity contribution in [3.63, 3.8) is 0 Å². The summed E-state index contributed by atoms with van der Waals surface area (Å²) in [6.45, 7) is 0. The van der Waals surface area contributed by atoms with E-state index in [-0.39, 0.29) is 11.8 Å². The number of hydrogen-bond donors (Lipinski definition) is 2. The molecule has 0 radical (unpaired) electrons. The van der Waals surface area contributed by atoms with Gasteiger partial charge < -0.3 is 11.5 Å². The highest BCUT2D eigenvalue weighted by Crippen LogP contribution is 2.20. The Morgan fingerprint density at radius 3 is 2.45 bits per heavy atom. The van der Waals surface area contributed by atoms with Crippen LogP contribution in [0.1, 0.15) is 17.0 Å². The first-order valence-corrected chi connectivity index (χ1v) is 6.68. The SMILES string of the molecule is NC(N)=NC(=O)C(/C=C/c1cccc(F)c1)c1ccccc1. The molecule has 4 nitrogen and oxygen atoms in total. The van der Waals surface area contributed by atoms with Gasteiger partial charge in [0.25, 0.3) is 5.91 Å². The molecule has 112 valence electrons. The first-order chi connectivity index (χ1) is 10.6. The summed E-state index contributed by atoms with van der Waals surface area (Å²) in [5.74, 6) is -1.73. The third-order valence-electron chi connectivity index (χ3n) is 2.99. The van der Waals surface area contributed by atoms with Crippen LogP contribution in [0.25, 0.3) is 6.08 Å². The summed E-state index contributed by atoms with van der Waals surface area (Å²) in [5.41, 5.74) is 11.9. The number of rotatable bonds is 4. The lowest BCUT2D eigenvalue weighted by molar-refractivity contribution is -0.118. The van der Waals surface area contributed by atoms with Gasteiger partial charge in [-0.2, -0.15) is 4.99 Å². The number of carbonyl (C=O) groups excluding carboxylic acids is 1. The first-order valence-electron chi connectivity index (χ1n) is 6.68. The summed E-state index contributed by atoms with van der Waals surface area (Å²) in [7, 11) is 0. The number of carbonyl (C=O) groups is 1. The van der Waals surface area contributed by atoms with E-state index in [4.69, 9.17) is 11.5 Å². The lowest BCUT2D eigenvalue weighted by Gasteiger charge is -2.09. The Morgan fingerprint density at radius 1 is 1.09 bits per heavy atom. The summed E-state index contributed by atoms with van der Waals surface area (Å²) in [6, 6.07) is 15.2. The van der Waals surface area contributed by atoms with E-state index in [1.807, 2.05) is 18.2 Å². The molecule has 2 rings (SSSR count). The van der Waals surface area contributed by atoms with Crippen molar-refractivity contribution in [1.82, 2.24) is 0 Å². The molecule has 0 saturated carbocycles. The Labute approximate surface area is 128 Å². The topological polar surface area (TPSA) is 81.5 Å². The Morgan fingerprint density at radius 2 is 1.82 bits per heavy atom. The number of nitrogens with two attached hydrogens (primary N) is 2. The fraction of sp³-hybridized carbons (Fsp3) is 0.0588. The van der Waals surface area contributed by atoms with Crippen LogP contribution >= 0.6 is 0 Å². The van der Waals surface area contributed by atoms with Gasteiger partial charge in [-0.05, 0) is 23.3 Å². The van der Waals surface area contributed by atoms with Crippen LogP contribution in [-0.2, 0) is 4.79 Å². The van der Waals surface area contributed by atoms with Crippen molar-refractivity contribution in [3.8, 4) is 0 Å². The van der Waals surface area contributed by atoms with Gasteiger partial charge in [0.2, 0.25) is 0 Å². The maximum Gasteiger partial charge on any atom is 0.260 e. The van der Waals surface area contributed by atoms with Gasteiger partial charge in [0.1, 0.15) is 5.82 Å². The first kappa shape index (κ1) is 15.4. The van der Waals surface area contributed by atoms with E-state index >= 15 is 0 Å². The van der Waals surface area contributed by atoms with E-state index in [0.29, 0.717) is 5.56 Å². The number of benzene rings is 2. The molecule has 22 heavy (non-hydrogen) atoms. The molecule has 0 saturated heterocycles. The number of amides is 1. The van der Waals surface area contributed by atoms with E-state index in [1.165, 1.54) is 12.1 Å². The van der Waals surface area contributed by atoms with Gasteiger partial charge in [-0.3, -0.25) is 4.79 Å². The van der Waals surface area contributed by atoms with Crippen molar-refractivity contribution < 1.29 is 9.18 Å². The van der Waals surface area contributed by atoms with Gasteiger partial charge in [0.15, 0.2) is 5.96 Å². The van der Waals surface area contributed by atoms with Crippen molar-refractivity contribution >= 4 is 17.9 Å². The number of nitrogens with zero attached hydrogens (tertiary/aromatic N) is 1. The van der Waals surface area contributed by atoms with Gasteiger partial charge in [0.05, 0.1) is 5.92 Å². The average Bonchev–Trinajstić information content (AvgIpc) is 2.48. The van der Waals surface area contributed by atoms with E-state index < -0.39 is 11.8 Å². The van der Waals surface area contributed by atoms with Crippen LogP contribution < -0.4 is 11.5 Å². The van der Waals surface area contributed by atoms with Crippen molar-refractivity contribution in [1.29, 1.82) is 0 Å². The van der Waals surface area contributed by atoms with Crippen LogP contribution in [0.2, 0.25) is 0 Å². The Bertz CT molecular complexity index is 707. The van der Waals surface area contributed by atoms with Crippen molar-refractivity contribution in [2.24, 2.45) is 16.5 Å². The predicted octanol–water partition coefficient (Wildman–Crippen LogP) is 2.42. The van der Waals surface area contributed by atoms with Gasteiger partial charge >= 0.3 is 0 Å². The van der Waals surface area contributed by atoms with Crippen LogP contribution in [-0.4, -0.2) is 11.9 Å². The highest BCUT2D eigenvalue weighted by atomic mass is 19.1. The van der Waals surface area contributed by atoms with E-state index in [0.717, 1.165) is 5.56 Å². The normalized spacial score (nSPS) is 12.0. The Balaban J connectivity index is 2.33. The minimum absolute atomic E-state index is 0.287. The quantitative estimate of drug-likeness (QED) is 0.671. The third-order valence-corrected chi connectivity index (χ3v) is 2.99. The van der Waals surface area contributed by atoms with Crippen molar-refractivity contribution in [2.75, 3.05) is 0 Å². The molecule has 0 spiro atoms. The summed E-state index contributed by atoms with van der Waals surface area (Å²) in [4.78, 5) is 15.8. The Kier molecular flexibility index (Phi) is 5.03. The smallest absolute Gasteiger partial charge is 0.260 e. The monoisotopic (exact) mass is 297 g/mol. The van der Waals surface area contributed by atoms with E-state index in [2.05, 4.69) is 4.99 Å². The van der Waals surface area contributed by atoms with Crippen LogP contribution in [0.4, 0.5) is 4.39 Å². The molecule has 1 atom stereocenters. The maximum atomic E-state index is 13.2. The van der Waals surface area contributed by atoms with Crippen LogP contribution in [0, 0.1) is 5.82 Å². The van der Waals surface area contributed by atoms with Crippen molar-refractivity contribution in [3.05, 3.63) is 77.6 Å². The van der Waals surface area contributed by atoms with E-state index in [9.17, 15) is 9.18 Å². The van der Waals surface area contributed by atoms with Crippen LogP contribution in [0.3, 0.4) is 0 Å². The molecule has 2 aromatic rings. The summed E-state index contributed by atoms with van der Waals surface area (Å²) in [5, 5.41) is 0. The molecule has 0 aliphatic carbocycles. The minimum atomic E-state index is -0.633. The van der Waals surface area contributed by atoms with Gasteiger partial charge in [-0.25, -0.2) is 4.39 Å². The molecule has 0 aliphatic heterocycles. The molecular formula is C17H16FN3O. The summed E-state index contributed by atoms with van der Waals surface area (Å²) < 4.78 is 13.2. The van der Waals surface area contributed by atoms with Gasteiger partial charge in [-0.1, -0.05) is 54.6 Å². The lowest BCUT2D eigenvalue weighted by atomic mass is 9.97. The van der Waals surface area contributed by atoms with Gasteiger partial charge in [0, 0.05) is 0 Å². The summed E-state index contributed by atoms with van der Waals surface area (Å²) in [6.07, 6.45) is 3.32. The zero-order valence-electron chi connectivity index (χ0n) is 11.8. The molecule has 0 heterocycles. The maximum absolute atomic E-state index is 13.2. The molecule has 4 N–H and O–H groups in total. The number of halogens is 1. The fourth-order valence-corrected chi connectivity index (χ4v) is 2.01. The molecular weight excluding hydrogens is 281 g/mol. The molecule has 2 aromatic carbocycles. The standard InChI is InChI=1S/C17H16FN3O/c18-14-8-4-5-12(11-14)9-10-15(16(22)21-17(19)20)13-6-2-1-3-7-13/h1-11,15H,(H4,19,20,21,22)/b10-9+.